The van der Waals surface area contributed by atoms with Crippen molar-refractivity contribution in [1.29, 1.82) is 0 Å². The minimum absolute atomic E-state index is 0.103. The van der Waals surface area contributed by atoms with Gasteiger partial charge >= 0.3 is 0 Å². The monoisotopic (exact) mass is 421 g/mol. The molecule has 1 heterocycles. The summed E-state index contributed by atoms with van der Waals surface area (Å²) in [5.41, 5.74) is 3.53. The average molecular weight is 421 g/mol. The quantitative estimate of drug-likeness (QED) is 0.241. The summed E-state index contributed by atoms with van der Waals surface area (Å²) in [4.78, 5) is 16.4. The van der Waals surface area contributed by atoms with E-state index in [4.69, 9.17) is 9.47 Å². The van der Waals surface area contributed by atoms with Crippen LogP contribution in [-0.2, 0) is 13.2 Å². The van der Waals surface area contributed by atoms with E-state index in [1.807, 2.05) is 78.9 Å². The van der Waals surface area contributed by atoms with E-state index in [0.717, 1.165) is 16.7 Å². The van der Waals surface area contributed by atoms with Crippen molar-refractivity contribution in [3.8, 4) is 11.5 Å². The summed E-state index contributed by atoms with van der Waals surface area (Å²) in [5.74, 6) is 1.18. The van der Waals surface area contributed by atoms with Crippen LogP contribution in [0.25, 0.3) is 6.08 Å². The highest BCUT2D eigenvalue weighted by Crippen LogP contribution is 2.30. The highest BCUT2D eigenvalue weighted by Gasteiger charge is 2.08. The Morgan fingerprint density at radius 1 is 0.750 bits per heavy atom. The summed E-state index contributed by atoms with van der Waals surface area (Å²) in [6.45, 7) is 0.863. The number of aromatic nitrogens is 1. The Hall–Kier alpha value is -4.18. The maximum absolute atomic E-state index is 12.4. The van der Waals surface area contributed by atoms with E-state index in [1.165, 1.54) is 6.08 Å². The molecule has 0 N–H and O–H groups in total. The third-order valence-corrected chi connectivity index (χ3v) is 4.82. The van der Waals surface area contributed by atoms with Crippen LogP contribution in [0.3, 0.4) is 0 Å². The standard InChI is InChI=1S/C28H23NO3/c30-26(25-12-7-17-29-19-25)15-13-22-14-16-27(31-20-23-8-3-1-4-9-23)28(18-22)32-21-24-10-5-2-6-11-24/h1-19H,20-21H2/b15-13+. The molecule has 0 saturated heterocycles. The van der Waals surface area contributed by atoms with Crippen LogP contribution < -0.4 is 9.47 Å². The number of nitrogens with zero attached hydrogens (tertiary/aromatic N) is 1. The summed E-state index contributed by atoms with van der Waals surface area (Å²) < 4.78 is 12.1. The van der Waals surface area contributed by atoms with Gasteiger partial charge in [0.15, 0.2) is 17.3 Å². The molecule has 0 amide bonds. The Morgan fingerprint density at radius 3 is 2.03 bits per heavy atom. The Bertz CT molecular complexity index is 1170. The summed E-state index contributed by atoms with van der Waals surface area (Å²) in [6.07, 6.45) is 6.51. The fraction of sp³-hybridized carbons (Fsp3) is 0.0714. The SMILES string of the molecule is O=C(/C=C/c1ccc(OCc2ccccc2)c(OCc2ccccc2)c1)c1cccnc1. The fourth-order valence-corrected chi connectivity index (χ4v) is 3.11. The minimum atomic E-state index is -0.103. The third kappa shape index (κ3) is 5.92. The normalized spacial score (nSPS) is 10.8. The van der Waals surface area contributed by atoms with E-state index in [2.05, 4.69) is 4.98 Å². The second-order valence-corrected chi connectivity index (χ2v) is 7.19. The van der Waals surface area contributed by atoms with Gasteiger partial charge in [0.25, 0.3) is 0 Å². The molecule has 3 aromatic carbocycles. The van der Waals surface area contributed by atoms with E-state index in [1.54, 1.807) is 30.6 Å². The molecular formula is C28H23NO3. The maximum Gasteiger partial charge on any atom is 0.187 e. The molecule has 0 aliphatic carbocycles. The number of ketones is 1. The van der Waals surface area contributed by atoms with Crippen molar-refractivity contribution < 1.29 is 14.3 Å². The van der Waals surface area contributed by atoms with Gasteiger partial charge in [-0.2, -0.15) is 0 Å². The topological polar surface area (TPSA) is 48.4 Å². The van der Waals surface area contributed by atoms with Crippen LogP contribution in [0.2, 0.25) is 0 Å². The molecule has 158 valence electrons. The first-order valence-corrected chi connectivity index (χ1v) is 10.4. The summed E-state index contributed by atoms with van der Waals surface area (Å²) in [7, 11) is 0. The molecule has 4 nitrogen and oxygen atoms in total. The lowest BCUT2D eigenvalue weighted by atomic mass is 10.1. The van der Waals surface area contributed by atoms with E-state index in [0.29, 0.717) is 30.3 Å². The van der Waals surface area contributed by atoms with Gasteiger partial charge in [-0.3, -0.25) is 9.78 Å². The molecule has 0 aliphatic rings. The molecule has 4 heteroatoms. The Kier molecular flexibility index (Phi) is 7.06. The zero-order valence-electron chi connectivity index (χ0n) is 17.6. The van der Waals surface area contributed by atoms with E-state index in [-0.39, 0.29) is 5.78 Å². The van der Waals surface area contributed by atoms with Crippen LogP contribution in [0.1, 0.15) is 27.0 Å². The second kappa shape index (κ2) is 10.7. The van der Waals surface area contributed by atoms with Gasteiger partial charge in [-0.25, -0.2) is 0 Å². The number of hydrogen-bond acceptors (Lipinski definition) is 4. The number of pyridine rings is 1. The zero-order chi connectivity index (χ0) is 22.0. The number of ether oxygens (including phenoxy) is 2. The first-order chi connectivity index (χ1) is 15.8. The van der Waals surface area contributed by atoms with Crippen LogP contribution in [0.5, 0.6) is 11.5 Å². The van der Waals surface area contributed by atoms with Gasteiger partial charge in [-0.05, 0) is 47.0 Å². The maximum atomic E-state index is 12.4. The van der Waals surface area contributed by atoms with Crippen molar-refractivity contribution in [1.82, 2.24) is 4.98 Å². The average Bonchev–Trinajstić information content (AvgIpc) is 2.87. The molecule has 0 bridgehead atoms. The molecule has 0 saturated carbocycles. The number of carbonyl (C=O) groups is 1. The number of rotatable bonds is 9. The number of allylic oxidation sites excluding steroid dienone is 1. The predicted octanol–water partition coefficient (Wildman–Crippen LogP) is 6.14. The molecule has 0 atom stereocenters. The van der Waals surface area contributed by atoms with Crippen LogP contribution in [0.15, 0.2) is 109 Å². The predicted molar refractivity (Wildman–Crippen MR) is 126 cm³/mol. The Morgan fingerprint density at radius 2 is 1.41 bits per heavy atom. The summed E-state index contributed by atoms with van der Waals surface area (Å²) in [5, 5.41) is 0. The van der Waals surface area contributed by atoms with Gasteiger partial charge < -0.3 is 9.47 Å². The summed E-state index contributed by atoms with van der Waals surface area (Å²) >= 11 is 0. The molecule has 0 radical (unpaired) electrons. The van der Waals surface area contributed by atoms with E-state index < -0.39 is 0 Å². The summed E-state index contributed by atoms with van der Waals surface area (Å²) in [6, 6.07) is 29.1. The number of hydrogen-bond donors (Lipinski definition) is 0. The van der Waals surface area contributed by atoms with Crippen molar-refractivity contribution in [2.24, 2.45) is 0 Å². The lowest BCUT2D eigenvalue weighted by Crippen LogP contribution is -2.01. The third-order valence-electron chi connectivity index (χ3n) is 4.82. The molecule has 0 aliphatic heterocycles. The van der Waals surface area contributed by atoms with Crippen molar-refractivity contribution in [3.63, 3.8) is 0 Å². The van der Waals surface area contributed by atoms with Gasteiger partial charge in [0.05, 0.1) is 0 Å². The molecule has 0 fully saturated rings. The molecule has 4 rings (SSSR count). The first kappa shape index (κ1) is 21.1. The van der Waals surface area contributed by atoms with Gasteiger partial charge in [-0.1, -0.05) is 72.8 Å². The van der Waals surface area contributed by atoms with Gasteiger partial charge in [-0.15, -0.1) is 0 Å². The largest absolute Gasteiger partial charge is 0.485 e. The lowest BCUT2D eigenvalue weighted by molar-refractivity contribution is 0.104. The van der Waals surface area contributed by atoms with E-state index in [9.17, 15) is 4.79 Å². The van der Waals surface area contributed by atoms with Crippen molar-refractivity contribution >= 4 is 11.9 Å². The lowest BCUT2D eigenvalue weighted by Gasteiger charge is -2.14. The molecular weight excluding hydrogens is 398 g/mol. The molecule has 0 unspecified atom stereocenters. The van der Waals surface area contributed by atoms with Crippen LogP contribution in [0, 0.1) is 0 Å². The smallest absolute Gasteiger partial charge is 0.187 e. The Labute approximate surface area is 187 Å². The van der Waals surface area contributed by atoms with Crippen molar-refractivity contribution in [2.45, 2.75) is 13.2 Å². The number of carbonyl (C=O) groups excluding carboxylic acids is 1. The minimum Gasteiger partial charge on any atom is -0.485 e. The number of benzene rings is 3. The van der Waals surface area contributed by atoms with Crippen LogP contribution in [-0.4, -0.2) is 10.8 Å². The molecule has 0 spiro atoms. The zero-order valence-corrected chi connectivity index (χ0v) is 17.6. The second-order valence-electron chi connectivity index (χ2n) is 7.19. The molecule has 32 heavy (non-hydrogen) atoms. The Balaban J connectivity index is 1.52. The van der Waals surface area contributed by atoms with Gasteiger partial charge in [0, 0.05) is 18.0 Å². The van der Waals surface area contributed by atoms with Gasteiger partial charge in [0.1, 0.15) is 13.2 Å². The highest BCUT2D eigenvalue weighted by atomic mass is 16.5. The van der Waals surface area contributed by atoms with Crippen molar-refractivity contribution in [3.05, 3.63) is 132 Å². The molecule has 4 aromatic rings. The van der Waals surface area contributed by atoms with Crippen molar-refractivity contribution in [2.75, 3.05) is 0 Å². The van der Waals surface area contributed by atoms with Crippen LogP contribution >= 0.6 is 0 Å². The highest BCUT2D eigenvalue weighted by molar-refractivity contribution is 6.06. The van der Waals surface area contributed by atoms with E-state index >= 15 is 0 Å². The van der Waals surface area contributed by atoms with Gasteiger partial charge in [0.2, 0.25) is 0 Å². The van der Waals surface area contributed by atoms with Crippen LogP contribution in [0.4, 0.5) is 0 Å². The molecule has 1 aromatic heterocycles. The fourth-order valence-electron chi connectivity index (χ4n) is 3.11. The first-order valence-electron chi connectivity index (χ1n) is 10.4.